The average Bonchev–Trinajstić information content (AvgIpc) is 1.89. The second-order valence-corrected chi connectivity index (χ2v) is 1.77. The van der Waals surface area contributed by atoms with Gasteiger partial charge in [0.05, 0.1) is 13.0 Å². The van der Waals surface area contributed by atoms with Crippen LogP contribution in [-0.4, -0.2) is 17.5 Å². The Morgan fingerprint density at radius 2 is 2.67 bits per heavy atom. The first kappa shape index (κ1) is 6.13. The second kappa shape index (κ2) is 2.53. The van der Waals surface area contributed by atoms with E-state index in [1.54, 1.807) is 6.08 Å². The highest BCUT2D eigenvalue weighted by atomic mass is 16.7. The van der Waals surface area contributed by atoms with Gasteiger partial charge in [-0.1, -0.05) is 0 Å². The molecular formula is C6H9NO2. The van der Waals surface area contributed by atoms with E-state index in [-0.39, 0.29) is 5.91 Å². The summed E-state index contributed by atoms with van der Waals surface area (Å²) in [7, 11) is 0. The summed E-state index contributed by atoms with van der Waals surface area (Å²) in [6.07, 6.45) is 3.70. The van der Waals surface area contributed by atoms with Crippen molar-refractivity contribution >= 4 is 5.91 Å². The van der Waals surface area contributed by atoms with E-state index in [0.717, 1.165) is 0 Å². The van der Waals surface area contributed by atoms with Crippen molar-refractivity contribution in [1.29, 1.82) is 0 Å². The molecule has 0 atom stereocenters. The fourth-order valence-corrected chi connectivity index (χ4v) is 0.677. The number of nitrogens with zero attached hydrogens (tertiary/aromatic N) is 1. The quantitative estimate of drug-likeness (QED) is 0.518. The molecule has 50 valence electrons. The Morgan fingerprint density at radius 3 is 3.11 bits per heavy atom. The molecule has 0 unspecified atom stereocenters. The maximum atomic E-state index is 10.8. The molecular weight excluding hydrogens is 118 g/mol. The van der Waals surface area contributed by atoms with Crippen LogP contribution in [0.3, 0.4) is 0 Å². The molecule has 0 aliphatic carbocycles. The minimum atomic E-state index is 0.0278. The molecule has 0 radical (unpaired) electrons. The molecule has 0 fully saturated rings. The van der Waals surface area contributed by atoms with Gasteiger partial charge in [-0.05, 0) is 13.0 Å². The van der Waals surface area contributed by atoms with Crippen LogP contribution in [0.5, 0.6) is 0 Å². The van der Waals surface area contributed by atoms with Crippen LogP contribution in [0.25, 0.3) is 0 Å². The number of carbonyl (C=O) groups excluding carboxylic acids is 1. The van der Waals surface area contributed by atoms with Crippen molar-refractivity contribution in [2.45, 2.75) is 13.3 Å². The van der Waals surface area contributed by atoms with Crippen LogP contribution in [0.4, 0.5) is 0 Å². The number of hydroxylamine groups is 2. The summed E-state index contributed by atoms with van der Waals surface area (Å²) in [5, 5.41) is 1.33. The SMILES string of the molecule is CCN1OC=CCC1=O. The highest BCUT2D eigenvalue weighted by Gasteiger charge is 2.12. The standard InChI is InChI=1S/C6H9NO2/c1-2-7-6(8)4-3-5-9-7/h3,5H,2,4H2,1H3. The Kier molecular flexibility index (Phi) is 1.72. The summed E-state index contributed by atoms with van der Waals surface area (Å²) in [5.41, 5.74) is 0. The van der Waals surface area contributed by atoms with Gasteiger partial charge in [0.1, 0.15) is 6.26 Å². The Morgan fingerprint density at radius 1 is 1.89 bits per heavy atom. The van der Waals surface area contributed by atoms with E-state index in [0.29, 0.717) is 13.0 Å². The van der Waals surface area contributed by atoms with Crippen LogP contribution in [0, 0.1) is 0 Å². The zero-order chi connectivity index (χ0) is 6.69. The summed E-state index contributed by atoms with van der Waals surface area (Å²) in [4.78, 5) is 15.6. The molecule has 0 saturated carbocycles. The van der Waals surface area contributed by atoms with Crippen LogP contribution in [0.1, 0.15) is 13.3 Å². The van der Waals surface area contributed by atoms with Crippen LogP contribution in [0.15, 0.2) is 12.3 Å². The summed E-state index contributed by atoms with van der Waals surface area (Å²) in [6.45, 7) is 2.49. The molecule has 9 heavy (non-hydrogen) atoms. The molecule has 1 aliphatic heterocycles. The molecule has 0 saturated heterocycles. The van der Waals surface area contributed by atoms with Gasteiger partial charge in [0.25, 0.3) is 5.91 Å². The summed E-state index contributed by atoms with van der Waals surface area (Å²) in [6, 6.07) is 0. The van der Waals surface area contributed by atoms with Crippen molar-refractivity contribution in [2.24, 2.45) is 0 Å². The van der Waals surface area contributed by atoms with Crippen molar-refractivity contribution in [2.75, 3.05) is 6.54 Å². The predicted molar refractivity (Wildman–Crippen MR) is 32.2 cm³/mol. The van der Waals surface area contributed by atoms with Gasteiger partial charge in [-0.15, -0.1) is 0 Å². The van der Waals surface area contributed by atoms with E-state index in [2.05, 4.69) is 0 Å². The molecule has 3 heteroatoms. The highest BCUT2D eigenvalue weighted by molar-refractivity contribution is 5.77. The molecule has 0 spiro atoms. The third-order valence-corrected chi connectivity index (χ3v) is 1.14. The van der Waals surface area contributed by atoms with Crippen LogP contribution < -0.4 is 0 Å². The first-order valence-corrected chi connectivity index (χ1v) is 2.96. The zero-order valence-corrected chi connectivity index (χ0v) is 5.33. The van der Waals surface area contributed by atoms with Crippen molar-refractivity contribution < 1.29 is 9.63 Å². The lowest BCUT2D eigenvalue weighted by atomic mass is 10.4. The van der Waals surface area contributed by atoms with E-state index in [1.165, 1.54) is 11.3 Å². The number of hydrogen-bond donors (Lipinski definition) is 0. The summed E-state index contributed by atoms with van der Waals surface area (Å²) < 4.78 is 0. The van der Waals surface area contributed by atoms with Gasteiger partial charge in [0.15, 0.2) is 0 Å². The maximum absolute atomic E-state index is 10.8. The maximum Gasteiger partial charge on any atom is 0.259 e. The molecule has 1 heterocycles. The van der Waals surface area contributed by atoms with Gasteiger partial charge < -0.3 is 4.84 Å². The van der Waals surface area contributed by atoms with Crippen molar-refractivity contribution in [3.05, 3.63) is 12.3 Å². The predicted octanol–water partition coefficient (Wildman–Crippen LogP) is 0.684. The smallest absolute Gasteiger partial charge is 0.259 e. The lowest BCUT2D eigenvalue weighted by Crippen LogP contribution is -2.30. The fourth-order valence-electron chi connectivity index (χ4n) is 0.677. The topological polar surface area (TPSA) is 29.5 Å². The number of amides is 1. The minimum absolute atomic E-state index is 0.0278. The molecule has 0 aromatic carbocycles. The van der Waals surface area contributed by atoms with E-state index in [1.807, 2.05) is 6.92 Å². The monoisotopic (exact) mass is 127 g/mol. The van der Waals surface area contributed by atoms with E-state index < -0.39 is 0 Å². The molecule has 1 aliphatic rings. The third kappa shape index (κ3) is 1.22. The largest absolute Gasteiger partial charge is 0.385 e. The van der Waals surface area contributed by atoms with Gasteiger partial charge in [0.2, 0.25) is 0 Å². The van der Waals surface area contributed by atoms with Gasteiger partial charge >= 0.3 is 0 Å². The van der Waals surface area contributed by atoms with E-state index in [4.69, 9.17) is 4.84 Å². The van der Waals surface area contributed by atoms with Crippen LogP contribution in [-0.2, 0) is 9.63 Å². The van der Waals surface area contributed by atoms with Crippen LogP contribution in [0.2, 0.25) is 0 Å². The molecule has 0 N–H and O–H groups in total. The number of carbonyl (C=O) groups is 1. The number of hydrogen-bond acceptors (Lipinski definition) is 2. The Labute approximate surface area is 53.9 Å². The normalized spacial score (nSPS) is 17.9. The average molecular weight is 127 g/mol. The molecule has 0 bridgehead atoms. The van der Waals surface area contributed by atoms with Crippen molar-refractivity contribution in [3.63, 3.8) is 0 Å². The van der Waals surface area contributed by atoms with Gasteiger partial charge in [-0.3, -0.25) is 4.79 Å². The summed E-state index contributed by atoms with van der Waals surface area (Å²) in [5.74, 6) is 0.0278. The van der Waals surface area contributed by atoms with E-state index in [9.17, 15) is 4.79 Å². The minimum Gasteiger partial charge on any atom is -0.385 e. The van der Waals surface area contributed by atoms with E-state index >= 15 is 0 Å². The third-order valence-electron chi connectivity index (χ3n) is 1.14. The van der Waals surface area contributed by atoms with Gasteiger partial charge in [-0.2, -0.15) is 5.06 Å². The Bertz CT molecular complexity index is 142. The van der Waals surface area contributed by atoms with Crippen molar-refractivity contribution in [3.8, 4) is 0 Å². The summed E-state index contributed by atoms with van der Waals surface area (Å²) >= 11 is 0. The molecule has 1 rings (SSSR count). The fraction of sp³-hybridized carbons (Fsp3) is 0.500. The molecule has 0 aromatic rings. The van der Waals surface area contributed by atoms with Gasteiger partial charge in [-0.25, -0.2) is 0 Å². The lowest BCUT2D eigenvalue weighted by molar-refractivity contribution is -0.168. The Balaban J connectivity index is 2.53. The number of rotatable bonds is 1. The first-order chi connectivity index (χ1) is 4.34. The molecule has 1 amide bonds. The van der Waals surface area contributed by atoms with Crippen LogP contribution >= 0.6 is 0 Å². The molecule has 0 aromatic heterocycles. The molecule has 3 nitrogen and oxygen atoms in total. The highest BCUT2D eigenvalue weighted by Crippen LogP contribution is 2.02. The lowest BCUT2D eigenvalue weighted by Gasteiger charge is -2.20. The van der Waals surface area contributed by atoms with Crippen molar-refractivity contribution in [1.82, 2.24) is 5.06 Å². The zero-order valence-electron chi connectivity index (χ0n) is 5.33. The Hall–Kier alpha value is -0.990. The first-order valence-electron chi connectivity index (χ1n) is 2.96. The second-order valence-electron chi connectivity index (χ2n) is 1.77. The van der Waals surface area contributed by atoms with Gasteiger partial charge in [0, 0.05) is 0 Å².